The van der Waals surface area contributed by atoms with E-state index in [-0.39, 0.29) is 5.97 Å². The van der Waals surface area contributed by atoms with Gasteiger partial charge in [-0.15, -0.1) is 0 Å². The second kappa shape index (κ2) is 7.50. The second-order valence-corrected chi connectivity index (χ2v) is 2.08. The van der Waals surface area contributed by atoms with Gasteiger partial charge in [-0.2, -0.15) is 0 Å². The van der Waals surface area contributed by atoms with E-state index in [1.165, 1.54) is 7.11 Å². The summed E-state index contributed by atoms with van der Waals surface area (Å²) in [6.45, 7) is 1.66. The SMILES string of the molecule is COC(=O)CCCOCCN. The number of hydrogen-bond acceptors (Lipinski definition) is 4. The number of carbonyl (C=O) groups is 1. The van der Waals surface area contributed by atoms with Crippen LogP contribution in [0.1, 0.15) is 12.8 Å². The highest BCUT2D eigenvalue weighted by Crippen LogP contribution is 1.91. The standard InChI is InChI=1S/C7H15NO3/c1-10-7(9)3-2-5-11-6-4-8/h2-6,8H2,1H3. The molecule has 0 aliphatic rings. The van der Waals surface area contributed by atoms with Crippen LogP contribution in [0, 0.1) is 0 Å². The molecule has 0 aliphatic heterocycles. The van der Waals surface area contributed by atoms with Crippen LogP contribution >= 0.6 is 0 Å². The molecule has 0 atom stereocenters. The first-order valence-electron chi connectivity index (χ1n) is 3.66. The zero-order chi connectivity index (χ0) is 8.53. The Hall–Kier alpha value is -0.610. The van der Waals surface area contributed by atoms with Gasteiger partial charge in [-0.1, -0.05) is 0 Å². The molecule has 11 heavy (non-hydrogen) atoms. The summed E-state index contributed by atoms with van der Waals surface area (Å²) in [7, 11) is 1.38. The van der Waals surface area contributed by atoms with Gasteiger partial charge in [0.25, 0.3) is 0 Å². The number of methoxy groups -OCH3 is 1. The van der Waals surface area contributed by atoms with Gasteiger partial charge in [0, 0.05) is 19.6 Å². The topological polar surface area (TPSA) is 61.5 Å². The van der Waals surface area contributed by atoms with E-state index in [0.717, 1.165) is 0 Å². The average molecular weight is 161 g/mol. The van der Waals surface area contributed by atoms with E-state index in [2.05, 4.69) is 4.74 Å². The van der Waals surface area contributed by atoms with E-state index in [0.29, 0.717) is 32.6 Å². The molecule has 0 saturated heterocycles. The minimum atomic E-state index is -0.193. The number of carbonyl (C=O) groups excluding carboxylic acids is 1. The summed E-state index contributed by atoms with van der Waals surface area (Å²) in [6, 6.07) is 0. The first kappa shape index (κ1) is 10.4. The fraction of sp³-hybridized carbons (Fsp3) is 0.857. The Kier molecular flexibility index (Phi) is 7.08. The first-order valence-corrected chi connectivity index (χ1v) is 3.66. The molecule has 0 rings (SSSR count). The molecule has 0 saturated carbocycles. The van der Waals surface area contributed by atoms with Crippen molar-refractivity contribution in [1.29, 1.82) is 0 Å². The summed E-state index contributed by atoms with van der Waals surface area (Å²) in [5.41, 5.74) is 5.18. The largest absolute Gasteiger partial charge is 0.469 e. The zero-order valence-electron chi connectivity index (χ0n) is 6.84. The van der Waals surface area contributed by atoms with Crippen molar-refractivity contribution >= 4 is 5.97 Å². The van der Waals surface area contributed by atoms with Crippen LogP contribution in [0.15, 0.2) is 0 Å². The van der Waals surface area contributed by atoms with Crippen molar-refractivity contribution in [3.8, 4) is 0 Å². The number of hydrogen-bond donors (Lipinski definition) is 1. The summed E-state index contributed by atoms with van der Waals surface area (Å²) < 4.78 is 9.48. The van der Waals surface area contributed by atoms with E-state index in [1.807, 2.05) is 0 Å². The van der Waals surface area contributed by atoms with E-state index >= 15 is 0 Å². The lowest BCUT2D eigenvalue weighted by molar-refractivity contribution is -0.141. The molecule has 0 aromatic rings. The van der Waals surface area contributed by atoms with Gasteiger partial charge in [-0.05, 0) is 6.42 Å². The molecule has 0 aliphatic carbocycles. The molecule has 0 spiro atoms. The lowest BCUT2D eigenvalue weighted by Crippen LogP contribution is -2.10. The molecule has 0 radical (unpaired) electrons. The fourth-order valence-corrected chi connectivity index (χ4v) is 0.606. The molecular formula is C7H15NO3. The van der Waals surface area contributed by atoms with Crippen LogP contribution in [0.3, 0.4) is 0 Å². The van der Waals surface area contributed by atoms with Gasteiger partial charge < -0.3 is 15.2 Å². The lowest BCUT2D eigenvalue weighted by atomic mass is 10.3. The minimum absolute atomic E-state index is 0.193. The Bertz CT molecular complexity index is 106. The second-order valence-electron chi connectivity index (χ2n) is 2.08. The van der Waals surface area contributed by atoms with Gasteiger partial charge in [-0.3, -0.25) is 4.79 Å². The molecule has 0 aromatic carbocycles. The van der Waals surface area contributed by atoms with Crippen molar-refractivity contribution in [2.75, 3.05) is 26.9 Å². The van der Waals surface area contributed by atoms with Crippen LogP contribution in [0.25, 0.3) is 0 Å². The molecule has 0 fully saturated rings. The Morgan fingerprint density at radius 3 is 2.73 bits per heavy atom. The maximum Gasteiger partial charge on any atom is 0.305 e. The Morgan fingerprint density at radius 1 is 1.45 bits per heavy atom. The number of ether oxygens (including phenoxy) is 2. The summed E-state index contributed by atoms with van der Waals surface area (Å²) in [5.74, 6) is -0.193. The van der Waals surface area contributed by atoms with Crippen LogP contribution in [-0.2, 0) is 14.3 Å². The van der Waals surface area contributed by atoms with Crippen LogP contribution in [0.5, 0.6) is 0 Å². The third kappa shape index (κ3) is 7.29. The molecular weight excluding hydrogens is 146 g/mol. The summed E-state index contributed by atoms with van der Waals surface area (Å²) in [5, 5.41) is 0. The third-order valence-corrected chi connectivity index (χ3v) is 1.16. The third-order valence-electron chi connectivity index (χ3n) is 1.16. The maximum absolute atomic E-state index is 10.5. The van der Waals surface area contributed by atoms with E-state index in [1.54, 1.807) is 0 Å². The van der Waals surface area contributed by atoms with Gasteiger partial charge in [0.2, 0.25) is 0 Å². The Morgan fingerprint density at radius 2 is 2.18 bits per heavy atom. The summed E-state index contributed by atoms with van der Waals surface area (Å²) >= 11 is 0. The van der Waals surface area contributed by atoms with Crippen molar-refractivity contribution in [2.45, 2.75) is 12.8 Å². The maximum atomic E-state index is 10.5. The highest BCUT2D eigenvalue weighted by atomic mass is 16.5. The number of rotatable bonds is 6. The van der Waals surface area contributed by atoms with Crippen molar-refractivity contribution in [1.82, 2.24) is 0 Å². The number of nitrogens with two attached hydrogens (primary N) is 1. The van der Waals surface area contributed by atoms with Gasteiger partial charge in [0.1, 0.15) is 0 Å². The predicted molar refractivity (Wildman–Crippen MR) is 41.1 cm³/mol. The molecule has 4 heteroatoms. The zero-order valence-corrected chi connectivity index (χ0v) is 6.84. The minimum Gasteiger partial charge on any atom is -0.469 e. The van der Waals surface area contributed by atoms with E-state index < -0.39 is 0 Å². The van der Waals surface area contributed by atoms with Crippen molar-refractivity contribution < 1.29 is 14.3 Å². The molecule has 0 heterocycles. The predicted octanol–water partition coefficient (Wildman–Crippen LogP) is -0.0851. The molecule has 4 nitrogen and oxygen atoms in total. The first-order chi connectivity index (χ1) is 5.31. The summed E-state index contributed by atoms with van der Waals surface area (Å²) in [6.07, 6.45) is 1.12. The molecule has 66 valence electrons. The van der Waals surface area contributed by atoms with Crippen LogP contribution < -0.4 is 5.73 Å². The van der Waals surface area contributed by atoms with Crippen LogP contribution in [0.2, 0.25) is 0 Å². The van der Waals surface area contributed by atoms with Gasteiger partial charge in [0.05, 0.1) is 13.7 Å². The van der Waals surface area contributed by atoms with Crippen molar-refractivity contribution in [2.24, 2.45) is 5.73 Å². The smallest absolute Gasteiger partial charge is 0.305 e. The molecule has 0 bridgehead atoms. The van der Waals surface area contributed by atoms with E-state index in [4.69, 9.17) is 10.5 Å². The van der Waals surface area contributed by atoms with Crippen LogP contribution in [-0.4, -0.2) is 32.8 Å². The Labute approximate surface area is 66.7 Å². The van der Waals surface area contributed by atoms with Gasteiger partial charge >= 0.3 is 5.97 Å². The summed E-state index contributed by atoms with van der Waals surface area (Å²) in [4.78, 5) is 10.5. The van der Waals surface area contributed by atoms with Crippen LogP contribution in [0.4, 0.5) is 0 Å². The van der Waals surface area contributed by atoms with Crippen molar-refractivity contribution in [3.63, 3.8) is 0 Å². The highest BCUT2D eigenvalue weighted by Gasteiger charge is 1.97. The Balaban J connectivity index is 2.95. The van der Waals surface area contributed by atoms with Gasteiger partial charge in [-0.25, -0.2) is 0 Å². The lowest BCUT2D eigenvalue weighted by Gasteiger charge is -2.00. The average Bonchev–Trinajstić information content (AvgIpc) is 2.04. The number of esters is 1. The normalized spacial score (nSPS) is 9.64. The van der Waals surface area contributed by atoms with E-state index in [9.17, 15) is 4.79 Å². The molecule has 0 amide bonds. The monoisotopic (exact) mass is 161 g/mol. The fourth-order valence-electron chi connectivity index (χ4n) is 0.606. The van der Waals surface area contributed by atoms with Crippen molar-refractivity contribution in [3.05, 3.63) is 0 Å². The molecule has 2 N–H and O–H groups in total. The van der Waals surface area contributed by atoms with Gasteiger partial charge in [0.15, 0.2) is 0 Å². The quantitative estimate of drug-likeness (QED) is 0.437. The molecule has 0 aromatic heterocycles. The molecule has 0 unspecified atom stereocenters. The highest BCUT2D eigenvalue weighted by molar-refractivity contribution is 5.68.